The predicted molar refractivity (Wildman–Crippen MR) is 135 cm³/mol. The Balaban J connectivity index is 1.91. The van der Waals surface area contributed by atoms with E-state index in [4.69, 9.17) is 35.9 Å². The first-order valence-corrected chi connectivity index (χ1v) is 11.8. The maximum atomic E-state index is 12.0. The third-order valence-electron chi connectivity index (χ3n) is 5.30. The summed E-state index contributed by atoms with van der Waals surface area (Å²) >= 11 is 5.50. The number of carbonyl (C=O) groups is 4. The molecule has 0 aromatic heterocycles. The smallest absolute Gasteiger partial charge is 0.303 e. The van der Waals surface area contributed by atoms with Gasteiger partial charge in [0.05, 0.1) is 0 Å². The number of thiocarbonyl (C=S) groups is 1. The number of nitrogens with one attached hydrogen (secondary N) is 2. The quantitative estimate of drug-likeness (QED) is 0.307. The van der Waals surface area contributed by atoms with Gasteiger partial charge in [0.1, 0.15) is 12.7 Å². The molecule has 0 aliphatic carbocycles. The molecule has 0 unspecified atom stereocenters. The van der Waals surface area contributed by atoms with E-state index in [0.29, 0.717) is 5.69 Å². The summed E-state index contributed by atoms with van der Waals surface area (Å²) in [5.41, 5.74) is 0.709. The third kappa shape index (κ3) is 7.61. The molecular weight excluding hydrogens is 504 g/mol. The standard InChI is InChI=1S/C25H28N2O9S/c1-13(28)32-12-20-21(33-14(2)29)22(34-15(3)30)23(35-16(4)31)24(36-20)27-25(37)26-19-11-7-9-17-8-5-6-10-18(17)19/h5-11,20-24H,12H2,1-4H3,(H2,26,27,37)/t20-,21+,22-,23+,24-/m0/s1. The number of hydrogen-bond acceptors (Lipinski definition) is 10. The Morgan fingerprint density at radius 3 is 2.05 bits per heavy atom. The van der Waals surface area contributed by atoms with E-state index in [-0.39, 0.29) is 11.7 Å². The van der Waals surface area contributed by atoms with Crippen molar-refractivity contribution in [3.05, 3.63) is 42.5 Å². The maximum Gasteiger partial charge on any atom is 0.303 e. The van der Waals surface area contributed by atoms with Crippen LogP contribution in [0.2, 0.25) is 0 Å². The van der Waals surface area contributed by atoms with Crippen LogP contribution < -0.4 is 10.6 Å². The molecule has 1 saturated heterocycles. The van der Waals surface area contributed by atoms with E-state index in [1.54, 1.807) is 0 Å². The largest absolute Gasteiger partial charge is 0.463 e. The van der Waals surface area contributed by atoms with Crippen LogP contribution in [-0.4, -0.2) is 66.2 Å². The van der Waals surface area contributed by atoms with Crippen LogP contribution in [0.5, 0.6) is 0 Å². The Hall–Kier alpha value is -3.77. The zero-order valence-corrected chi connectivity index (χ0v) is 21.5. The average Bonchev–Trinajstić information content (AvgIpc) is 2.81. The van der Waals surface area contributed by atoms with Crippen molar-refractivity contribution in [2.75, 3.05) is 11.9 Å². The van der Waals surface area contributed by atoms with E-state index in [9.17, 15) is 19.2 Å². The van der Waals surface area contributed by atoms with E-state index in [1.807, 2.05) is 42.5 Å². The van der Waals surface area contributed by atoms with E-state index in [2.05, 4.69) is 10.6 Å². The molecule has 11 nitrogen and oxygen atoms in total. The SMILES string of the molecule is CC(=O)OC[C@@H]1O[C@H](NC(=S)Nc2cccc3ccccc23)[C@H](OC(C)=O)[C@@H](OC(C)=O)[C@@H]1OC(C)=O. The Labute approximate surface area is 218 Å². The maximum absolute atomic E-state index is 12.0. The van der Waals surface area contributed by atoms with Crippen LogP contribution in [0.4, 0.5) is 5.69 Å². The lowest BCUT2D eigenvalue weighted by Gasteiger charge is -2.44. The van der Waals surface area contributed by atoms with Crippen LogP contribution in [0.1, 0.15) is 27.7 Å². The molecule has 2 N–H and O–H groups in total. The molecule has 1 aliphatic heterocycles. The van der Waals surface area contributed by atoms with Crippen LogP contribution in [0.25, 0.3) is 10.8 Å². The first-order chi connectivity index (χ1) is 17.5. The Bertz CT molecular complexity index is 1180. The van der Waals surface area contributed by atoms with Gasteiger partial charge in [-0.2, -0.15) is 0 Å². The number of rotatable bonds is 7. The van der Waals surface area contributed by atoms with E-state index < -0.39 is 54.5 Å². The lowest BCUT2D eigenvalue weighted by Crippen LogP contribution is -2.66. The van der Waals surface area contributed by atoms with Gasteiger partial charge in [0, 0.05) is 38.8 Å². The van der Waals surface area contributed by atoms with E-state index in [1.165, 1.54) is 13.8 Å². The van der Waals surface area contributed by atoms with Gasteiger partial charge in [0.2, 0.25) is 0 Å². The fourth-order valence-corrected chi connectivity index (χ4v) is 4.19. The molecule has 0 bridgehead atoms. The third-order valence-corrected chi connectivity index (χ3v) is 5.52. The van der Waals surface area contributed by atoms with Gasteiger partial charge >= 0.3 is 23.9 Å². The minimum atomic E-state index is -1.29. The summed E-state index contributed by atoms with van der Waals surface area (Å²) in [6, 6.07) is 13.3. The van der Waals surface area contributed by atoms with Gasteiger partial charge in [0.25, 0.3) is 0 Å². The van der Waals surface area contributed by atoms with Crippen molar-refractivity contribution in [3.8, 4) is 0 Å². The molecule has 0 saturated carbocycles. The molecule has 1 heterocycles. The number of esters is 4. The molecule has 1 fully saturated rings. The minimum Gasteiger partial charge on any atom is -0.463 e. The highest BCUT2D eigenvalue weighted by Gasteiger charge is 2.52. The number of anilines is 1. The molecule has 37 heavy (non-hydrogen) atoms. The van der Waals surface area contributed by atoms with Crippen molar-refractivity contribution in [1.82, 2.24) is 5.32 Å². The zero-order valence-electron chi connectivity index (χ0n) is 20.7. The Morgan fingerprint density at radius 1 is 0.811 bits per heavy atom. The number of hydrogen-bond donors (Lipinski definition) is 2. The normalized spacial score (nSPS) is 22.9. The number of fused-ring (bicyclic) bond motifs is 1. The zero-order chi connectivity index (χ0) is 27.1. The van der Waals surface area contributed by atoms with Crippen molar-refractivity contribution in [3.63, 3.8) is 0 Å². The molecule has 12 heteroatoms. The summed E-state index contributed by atoms with van der Waals surface area (Å²) in [6.45, 7) is 4.34. The van der Waals surface area contributed by atoms with Crippen LogP contribution in [0.3, 0.4) is 0 Å². The molecule has 5 atom stereocenters. The Kier molecular flexibility index (Phi) is 9.36. The highest BCUT2D eigenvalue weighted by molar-refractivity contribution is 7.80. The van der Waals surface area contributed by atoms with Gasteiger partial charge in [-0.15, -0.1) is 0 Å². The number of benzene rings is 2. The van der Waals surface area contributed by atoms with E-state index in [0.717, 1.165) is 24.6 Å². The molecule has 0 amide bonds. The monoisotopic (exact) mass is 532 g/mol. The Morgan fingerprint density at radius 2 is 1.41 bits per heavy atom. The molecule has 2 aromatic carbocycles. The summed E-state index contributed by atoms with van der Waals surface area (Å²) in [6.07, 6.45) is -6.07. The molecule has 0 spiro atoms. The van der Waals surface area contributed by atoms with Gasteiger partial charge in [0.15, 0.2) is 29.7 Å². The van der Waals surface area contributed by atoms with Crippen molar-refractivity contribution in [2.24, 2.45) is 0 Å². The van der Waals surface area contributed by atoms with Gasteiger partial charge in [-0.1, -0.05) is 36.4 Å². The number of carbonyl (C=O) groups excluding carboxylic acids is 4. The summed E-state index contributed by atoms with van der Waals surface area (Å²) in [4.78, 5) is 47.2. The second-order valence-corrected chi connectivity index (χ2v) is 8.65. The highest BCUT2D eigenvalue weighted by Crippen LogP contribution is 2.29. The van der Waals surface area contributed by atoms with Crippen molar-refractivity contribution < 1.29 is 42.9 Å². The molecule has 2 aromatic rings. The predicted octanol–water partition coefficient (Wildman–Crippen LogP) is 2.21. The van der Waals surface area contributed by atoms with Crippen molar-refractivity contribution in [1.29, 1.82) is 0 Å². The van der Waals surface area contributed by atoms with E-state index >= 15 is 0 Å². The van der Waals surface area contributed by atoms with Gasteiger partial charge in [-0.05, 0) is 23.7 Å². The molecule has 198 valence electrons. The van der Waals surface area contributed by atoms with Crippen molar-refractivity contribution in [2.45, 2.75) is 58.3 Å². The van der Waals surface area contributed by atoms with Crippen LogP contribution in [-0.2, 0) is 42.9 Å². The number of ether oxygens (including phenoxy) is 5. The summed E-state index contributed by atoms with van der Waals surface area (Å²) in [5, 5.41) is 8.03. The molecule has 1 aliphatic rings. The van der Waals surface area contributed by atoms with Gasteiger partial charge < -0.3 is 34.3 Å². The topological polar surface area (TPSA) is 138 Å². The van der Waals surface area contributed by atoms with Gasteiger partial charge in [-0.3, -0.25) is 19.2 Å². The second kappa shape index (κ2) is 12.5. The summed E-state index contributed by atoms with van der Waals surface area (Å²) in [7, 11) is 0. The molecule has 3 rings (SSSR count). The first-order valence-electron chi connectivity index (χ1n) is 11.4. The van der Waals surface area contributed by atoms with Crippen LogP contribution >= 0.6 is 12.2 Å². The van der Waals surface area contributed by atoms with Crippen LogP contribution in [0, 0.1) is 0 Å². The second-order valence-electron chi connectivity index (χ2n) is 8.25. The highest BCUT2D eigenvalue weighted by atomic mass is 32.1. The fourth-order valence-electron chi connectivity index (χ4n) is 3.97. The van der Waals surface area contributed by atoms with Crippen LogP contribution in [0.15, 0.2) is 42.5 Å². The van der Waals surface area contributed by atoms with Crippen molar-refractivity contribution >= 4 is 57.7 Å². The lowest BCUT2D eigenvalue weighted by atomic mass is 9.97. The molecule has 0 radical (unpaired) electrons. The fraction of sp³-hybridized carbons (Fsp3) is 0.400. The average molecular weight is 533 g/mol. The van der Waals surface area contributed by atoms with Gasteiger partial charge in [-0.25, -0.2) is 0 Å². The lowest BCUT2D eigenvalue weighted by molar-refractivity contribution is -0.254. The minimum absolute atomic E-state index is 0.109. The first kappa shape index (κ1) is 27.8. The molecular formula is C25H28N2O9S. The summed E-state index contributed by atoms with van der Waals surface area (Å²) < 4.78 is 27.3. The summed E-state index contributed by atoms with van der Waals surface area (Å²) in [5.74, 6) is -2.73.